The Morgan fingerprint density at radius 1 is 1.50 bits per heavy atom. The number of ether oxygens (including phenoxy) is 3. The molecular weight excluding hydrogens is 210 g/mol. The van der Waals surface area contributed by atoms with Crippen molar-refractivity contribution in [1.82, 2.24) is 0 Å². The molecule has 0 aromatic rings. The third-order valence-electron chi connectivity index (χ3n) is 2.21. The maximum Gasteiger partial charge on any atom is 0.333 e. The number of carbonyl (C=O) groups excluding carboxylic acids is 1. The molecular formula is C11H17NO4. The lowest BCUT2D eigenvalue weighted by molar-refractivity contribution is -0.135. The van der Waals surface area contributed by atoms with Crippen LogP contribution in [0.25, 0.3) is 0 Å². The van der Waals surface area contributed by atoms with Gasteiger partial charge in [-0.3, -0.25) is 0 Å². The summed E-state index contributed by atoms with van der Waals surface area (Å²) in [7, 11) is 2.94. The van der Waals surface area contributed by atoms with E-state index in [9.17, 15) is 4.79 Å². The topological polar surface area (TPSA) is 57.1 Å². The van der Waals surface area contributed by atoms with Gasteiger partial charge in [0.15, 0.2) is 5.90 Å². The highest BCUT2D eigenvalue weighted by molar-refractivity contribution is 5.86. The number of hydrogen-bond donors (Lipinski definition) is 0. The Kier molecular flexibility index (Phi) is 4.06. The van der Waals surface area contributed by atoms with Crippen LogP contribution in [0.3, 0.4) is 0 Å². The number of aliphatic imine (C=N–C) groups is 1. The van der Waals surface area contributed by atoms with Gasteiger partial charge in [-0.25, -0.2) is 9.79 Å². The van der Waals surface area contributed by atoms with Crippen molar-refractivity contribution in [3.05, 3.63) is 11.8 Å². The summed E-state index contributed by atoms with van der Waals surface area (Å²) in [6.07, 6.45) is 1.92. The van der Waals surface area contributed by atoms with Gasteiger partial charge in [0.1, 0.15) is 11.3 Å². The van der Waals surface area contributed by atoms with Crippen LogP contribution in [0.4, 0.5) is 0 Å². The summed E-state index contributed by atoms with van der Waals surface area (Å²) in [5, 5.41) is 0. The molecule has 16 heavy (non-hydrogen) atoms. The number of methoxy groups -OCH3 is 2. The van der Waals surface area contributed by atoms with Crippen LogP contribution in [0.1, 0.15) is 20.3 Å². The van der Waals surface area contributed by atoms with Crippen LogP contribution >= 0.6 is 0 Å². The third-order valence-corrected chi connectivity index (χ3v) is 2.21. The van der Waals surface area contributed by atoms with Gasteiger partial charge >= 0.3 is 5.97 Å². The molecule has 1 rings (SSSR count). The first kappa shape index (κ1) is 12.7. The van der Waals surface area contributed by atoms with Gasteiger partial charge in [0.2, 0.25) is 0 Å². The number of carbonyl (C=O) groups is 1. The first-order valence-electron chi connectivity index (χ1n) is 5.05. The second-order valence-corrected chi connectivity index (χ2v) is 3.94. The summed E-state index contributed by atoms with van der Waals surface area (Å²) >= 11 is 0. The summed E-state index contributed by atoms with van der Waals surface area (Å²) in [6.45, 7) is 4.30. The summed E-state index contributed by atoms with van der Waals surface area (Å²) in [6, 6.07) is 0. The standard InChI is InChI=1S/C11H17NO4/c1-11(2)8(7-10(13)15-4)16-9(12-11)5-6-14-3/h7H,5-6H2,1-4H3/b8-7+. The smallest absolute Gasteiger partial charge is 0.333 e. The van der Waals surface area contributed by atoms with Gasteiger partial charge in [-0.05, 0) is 13.8 Å². The van der Waals surface area contributed by atoms with Crippen LogP contribution in [0.2, 0.25) is 0 Å². The molecule has 0 saturated heterocycles. The van der Waals surface area contributed by atoms with E-state index in [1.807, 2.05) is 13.8 Å². The molecule has 0 bridgehead atoms. The lowest BCUT2D eigenvalue weighted by Gasteiger charge is -2.13. The highest BCUT2D eigenvalue weighted by Gasteiger charge is 2.33. The van der Waals surface area contributed by atoms with E-state index in [1.165, 1.54) is 13.2 Å². The van der Waals surface area contributed by atoms with Crippen LogP contribution in [-0.4, -0.2) is 38.2 Å². The molecule has 0 aromatic carbocycles. The van der Waals surface area contributed by atoms with Crippen LogP contribution in [-0.2, 0) is 19.0 Å². The molecule has 0 spiro atoms. The largest absolute Gasteiger partial charge is 0.466 e. The van der Waals surface area contributed by atoms with Crippen molar-refractivity contribution in [2.75, 3.05) is 20.8 Å². The number of nitrogens with zero attached hydrogens (tertiary/aromatic N) is 1. The zero-order valence-electron chi connectivity index (χ0n) is 10.1. The summed E-state index contributed by atoms with van der Waals surface area (Å²) in [4.78, 5) is 15.5. The molecule has 0 unspecified atom stereocenters. The van der Waals surface area contributed by atoms with Crippen LogP contribution in [0, 0.1) is 0 Å². The Bertz CT molecular complexity index is 331. The SMILES string of the molecule is COCCC1=NC(C)(C)/C(=C\C(=O)OC)O1. The van der Waals surface area contributed by atoms with E-state index >= 15 is 0 Å². The monoisotopic (exact) mass is 227 g/mol. The fraction of sp³-hybridized carbons (Fsp3) is 0.636. The third kappa shape index (κ3) is 3.06. The maximum absolute atomic E-state index is 11.1. The minimum atomic E-state index is -0.517. The molecule has 1 aliphatic heterocycles. The molecule has 1 heterocycles. The van der Waals surface area contributed by atoms with Crippen LogP contribution < -0.4 is 0 Å². The first-order valence-corrected chi connectivity index (χ1v) is 5.05. The molecule has 1 aliphatic rings. The summed E-state index contributed by atoms with van der Waals surface area (Å²) in [5.41, 5.74) is -0.517. The van der Waals surface area contributed by atoms with Gasteiger partial charge in [-0.15, -0.1) is 0 Å². The molecule has 0 amide bonds. The van der Waals surface area contributed by atoms with E-state index in [2.05, 4.69) is 9.73 Å². The van der Waals surface area contributed by atoms with Gasteiger partial charge in [-0.2, -0.15) is 0 Å². The Morgan fingerprint density at radius 3 is 2.75 bits per heavy atom. The molecule has 90 valence electrons. The quantitative estimate of drug-likeness (QED) is 0.536. The van der Waals surface area contributed by atoms with E-state index in [0.29, 0.717) is 24.7 Å². The van der Waals surface area contributed by atoms with E-state index in [1.54, 1.807) is 7.11 Å². The van der Waals surface area contributed by atoms with Crippen LogP contribution in [0.15, 0.2) is 16.8 Å². The van der Waals surface area contributed by atoms with Crippen molar-refractivity contribution >= 4 is 11.9 Å². The zero-order valence-corrected chi connectivity index (χ0v) is 10.1. The maximum atomic E-state index is 11.1. The van der Waals surface area contributed by atoms with Gasteiger partial charge in [-0.1, -0.05) is 0 Å². The number of hydrogen-bond acceptors (Lipinski definition) is 5. The second-order valence-electron chi connectivity index (χ2n) is 3.94. The first-order chi connectivity index (χ1) is 7.49. The molecule has 5 heteroatoms. The van der Waals surface area contributed by atoms with Gasteiger partial charge in [0, 0.05) is 13.5 Å². The lowest BCUT2D eigenvalue weighted by atomic mass is 10.0. The Morgan fingerprint density at radius 2 is 2.19 bits per heavy atom. The molecule has 0 aliphatic carbocycles. The predicted octanol–water partition coefficient (Wildman–Crippen LogP) is 1.29. The van der Waals surface area contributed by atoms with Crippen molar-refractivity contribution in [2.24, 2.45) is 4.99 Å². The lowest BCUT2D eigenvalue weighted by Crippen LogP contribution is -2.17. The molecule has 0 N–H and O–H groups in total. The van der Waals surface area contributed by atoms with Crippen molar-refractivity contribution in [3.8, 4) is 0 Å². The minimum Gasteiger partial charge on any atom is -0.466 e. The van der Waals surface area contributed by atoms with Crippen LogP contribution in [0.5, 0.6) is 0 Å². The van der Waals surface area contributed by atoms with E-state index in [4.69, 9.17) is 9.47 Å². The van der Waals surface area contributed by atoms with Crippen molar-refractivity contribution < 1.29 is 19.0 Å². The second kappa shape index (κ2) is 5.12. The average molecular weight is 227 g/mol. The Balaban J connectivity index is 2.73. The van der Waals surface area contributed by atoms with Crippen molar-refractivity contribution in [3.63, 3.8) is 0 Å². The molecule has 0 fully saturated rings. The average Bonchev–Trinajstić information content (AvgIpc) is 2.50. The van der Waals surface area contributed by atoms with Gasteiger partial charge in [0.05, 0.1) is 19.8 Å². The Hall–Kier alpha value is -1.36. The van der Waals surface area contributed by atoms with E-state index < -0.39 is 11.5 Å². The van der Waals surface area contributed by atoms with Gasteiger partial charge < -0.3 is 14.2 Å². The molecule has 5 nitrogen and oxygen atoms in total. The summed E-state index contributed by atoms with van der Waals surface area (Å²) in [5.74, 6) is 0.652. The number of esters is 1. The Labute approximate surface area is 95.1 Å². The number of rotatable bonds is 4. The predicted molar refractivity (Wildman–Crippen MR) is 59.2 cm³/mol. The zero-order chi connectivity index (χ0) is 12.2. The molecule has 0 atom stereocenters. The summed E-state index contributed by atoms with van der Waals surface area (Å²) < 4.78 is 15.0. The van der Waals surface area contributed by atoms with E-state index in [0.717, 1.165) is 0 Å². The fourth-order valence-corrected chi connectivity index (χ4v) is 1.31. The van der Waals surface area contributed by atoms with Crippen molar-refractivity contribution in [1.29, 1.82) is 0 Å². The highest BCUT2D eigenvalue weighted by Crippen LogP contribution is 2.29. The molecule has 0 saturated carbocycles. The van der Waals surface area contributed by atoms with E-state index in [-0.39, 0.29) is 0 Å². The fourth-order valence-electron chi connectivity index (χ4n) is 1.31. The molecule has 0 radical (unpaired) electrons. The normalized spacial score (nSPS) is 20.5. The van der Waals surface area contributed by atoms with Gasteiger partial charge in [0.25, 0.3) is 0 Å². The highest BCUT2D eigenvalue weighted by atomic mass is 16.5. The van der Waals surface area contributed by atoms with Crippen molar-refractivity contribution in [2.45, 2.75) is 25.8 Å². The minimum absolute atomic E-state index is 0.439. The molecule has 0 aromatic heterocycles.